The average molecular weight is 290 g/mol. The number of nitrogens with zero attached hydrogens (tertiary/aromatic N) is 3. The highest BCUT2D eigenvalue weighted by Gasteiger charge is 2.11. The molecule has 0 bridgehead atoms. The molecule has 0 aliphatic rings. The van der Waals surface area contributed by atoms with E-state index in [2.05, 4.69) is 47.4 Å². The monoisotopic (exact) mass is 290 g/mol. The van der Waals surface area contributed by atoms with E-state index in [9.17, 15) is 5.26 Å². The van der Waals surface area contributed by atoms with Crippen LogP contribution in [0.4, 0.5) is 0 Å². The third kappa shape index (κ3) is 2.31. The Morgan fingerprint density at radius 3 is 2.77 bits per heavy atom. The molecule has 0 radical (unpaired) electrons. The Bertz CT molecular complexity index is 870. The van der Waals surface area contributed by atoms with E-state index in [1.165, 1.54) is 11.4 Å². The van der Waals surface area contributed by atoms with Gasteiger partial charge in [0, 0.05) is 17.9 Å². The SMILES string of the molecule is CCn1c(C)cc(/C=C(/C#N)c2nc3ccccc3[nH]2)c1C. The van der Waals surface area contributed by atoms with E-state index in [1.54, 1.807) is 0 Å². The van der Waals surface area contributed by atoms with Gasteiger partial charge in [-0.25, -0.2) is 4.98 Å². The number of aromatic nitrogens is 3. The lowest BCUT2D eigenvalue weighted by atomic mass is 10.1. The quantitative estimate of drug-likeness (QED) is 0.739. The van der Waals surface area contributed by atoms with Crippen molar-refractivity contribution < 1.29 is 0 Å². The maximum absolute atomic E-state index is 9.51. The number of hydrogen-bond acceptors (Lipinski definition) is 2. The van der Waals surface area contributed by atoms with Gasteiger partial charge in [-0.05, 0) is 50.6 Å². The molecule has 110 valence electrons. The van der Waals surface area contributed by atoms with E-state index in [1.807, 2.05) is 30.3 Å². The summed E-state index contributed by atoms with van der Waals surface area (Å²) in [5, 5.41) is 9.51. The van der Waals surface area contributed by atoms with Gasteiger partial charge in [-0.2, -0.15) is 5.26 Å². The summed E-state index contributed by atoms with van der Waals surface area (Å²) < 4.78 is 2.24. The van der Waals surface area contributed by atoms with E-state index in [0.29, 0.717) is 11.4 Å². The Morgan fingerprint density at radius 2 is 2.14 bits per heavy atom. The van der Waals surface area contributed by atoms with Gasteiger partial charge in [0.05, 0.1) is 16.6 Å². The highest BCUT2D eigenvalue weighted by atomic mass is 15.0. The van der Waals surface area contributed by atoms with Gasteiger partial charge in [0.15, 0.2) is 0 Å². The van der Waals surface area contributed by atoms with Crippen molar-refractivity contribution in [2.75, 3.05) is 0 Å². The molecule has 2 aromatic heterocycles. The number of fused-ring (bicyclic) bond motifs is 1. The fourth-order valence-corrected chi connectivity index (χ4v) is 2.85. The number of nitriles is 1. The first kappa shape index (κ1) is 14.2. The number of rotatable bonds is 3. The number of para-hydroxylation sites is 2. The number of allylic oxidation sites excluding steroid dienone is 1. The standard InChI is InChI=1S/C18H18N4/c1-4-22-12(2)9-14(13(22)3)10-15(11-19)18-20-16-7-5-6-8-17(16)21-18/h5-10H,4H2,1-3H3,(H,20,21)/b15-10-. The molecular weight excluding hydrogens is 272 g/mol. The molecule has 22 heavy (non-hydrogen) atoms. The molecule has 0 fully saturated rings. The predicted molar refractivity (Wildman–Crippen MR) is 89.2 cm³/mol. The van der Waals surface area contributed by atoms with Crippen LogP contribution in [0, 0.1) is 25.2 Å². The van der Waals surface area contributed by atoms with E-state index in [-0.39, 0.29) is 0 Å². The first-order valence-electron chi connectivity index (χ1n) is 7.37. The Kier molecular flexibility index (Phi) is 3.56. The molecule has 2 heterocycles. The number of hydrogen-bond donors (Lipinski definition) is 1. The molecule has 3 aromatic rings. The van der Waals surface area contributed by atoms with Gasteiger partial charge < -0.3 is 9.55 Å². The van der Waals surface area contributed by atoms with Gasteiger partial charge in [0.1, 0.15) is 11.9 Å². The fourth-order valence-electron chi connectivity index (χ4n) is 2.85. The van der Waals surface area contributed by atoms with Crippen LogP contribution >= 0.6 is 0 Å². The maximum Gasteiger partial charge on any atom is 0.149 e. The van der Waals surface area contributed by atoms with Crippen molar-refractivity contribution in [1.29, 1.82) is 5.26 Å². The predicted octanol–water partition coefficient (Wildman–Crippen LogP) is 4.07. The molecule has 0 unspecified atom stereocenters. The summed E-state index contributed by atoms with van der Waals surface area (Å²) in [6, 6.07) is 12.2. The van der Waals surface area contributed by atoms with Crippen molar-refractivity contribution >= 4 is 22.7 Å². The van der Waals surface area contributed by atoms with Crippen molar-refractivity contribution in [2.45, 2.75) is 27.3 Å². The molecule has 1 N–H and O–H groups in total. The first-order chi connectivity index (χ1) is 10.6. The van der Waals surface area contributed by atoms with E-state index in [0.717, 1.165) is 23.1 Å². The highest BCUT2D eigenvalue weighted by Crippen LogP contribution is 2.22. The zero-order chi connectivity index (χ0) is 15.7. The minimum Gasteiger partial charge on any atom is -0.349 e. The Labute approximate surface area is 129 Å². The number of H-pyrrole nitrogens is 1. The zero-order valence-corrected chi connectivity index (χ0v) is 13.0. The number of aryl methyl sites for hydroxylation is 1. The minimum atomic E-state index is 0.549. The van der Waals surface area contributed by atoms with E-state index >= 15 is 0 Å². The molecular formula is C18H18N4. The summed E-state index contributed by atoms with van der Waals surface area (Å²) in [6.07, 6.45) is 1.91. The second-order valence-corrected chi connectivity index (χ2v) is 5.34. The van der Waals surface area contributed by atoms with Gasteiger partial charge in [-0.15, -0.1) is 0 Å². The second kappa shape index (κ2) is 5.53. The van der Waals surface area contributed by atoms with Crippen molar-refractivity contribution in [3.63, 3.8) is 0 Å². The lowest BCUT2D eigenvalue weighted by molar-refractivity contribution is 0.718. The minimum absolute atomic E-state index is 0.549. The van der Waals surface area contributed by atoms with Crippen molar-refractivity contribution in [1.82, 2.24) is 14.5 Å². The third-order valence-electron chi connectivity index (χ3n) is 3.99. The molecule has 1 aromatic carbocycles. The van der Waals surface area contributed by atoms with E-state index < -0.39 is 0 Å². The second-order valence-electron chi connectivity index (χ2n) is 5.34. The number of aromatic amines is 1. The molecule has 0 amide bonds. The topological polar surface area (TPSA) is 57.4 Å². The number of imidazole rings is 1. The summed E-state index contributed by atoms with van der Waals surface area (Å²) in [6.45, 7) is 7.22. The molecule has 0 saturated heterocycles. The smallest absolute Gasteiger partial charge is 0.149 e. The lowest BCUT2D eigenvalue weighted by Crippen LogP contribution is -1.98. The molecule has 0 aliphatic carbocycles. The van der Waals surface area contributed by atoms with Gasteiger partial charge in [-0.1, -0.05) is 12.1 Å². The van der Waals surface area contributed by atoms with Crippen molar-refractivity contribution in [2.24, 2.45) is 0 Å². The normalized spacial score (nSPS) is 11.8. The molecule has 3 rings (SSSR count). The Balaban J connectivity index is 2.09. The molecule has 4 heteroatoms. The number of nitrogens with one attached hydrogen (secondary N) is 1. The molecule has 0 aliphatic heterocycles. The van der Waals surface area contributed by atoms with Crippen LogP contribution < -0.4 is 0 Å². The van der Waals surface area contributed by atoms with Gasteiger partial charge in [0.2, 0.25) is 0 Å². The van der Waals surface area contributed by atoms with Crippen LogP contribution in [-0.4, -0.2) is 14.5 Å². The Hall–Kier alpha value is -2.80. The van der Waals surface area contributed by atoms with Gasteiger partial charge in [0.25, 0.3) is 0 Å². The molecule has 4 nitrogen and oxygen atoms in total. The van der Waals surface area contributed by atoms with Gasteiger partial charge in [-0.3, -0.25) is 0 Å². The zero-order valence-electron chi connectivity index (χ0n) is 13.0. The van der Waals surface area contributed by atoms with E-state index in [4.69, 9.17) is 0 Å². The Morgan fingerprint density at radius 1 is 1.36 bits per heavy atom. The lowest BCUT2D eigenvalue weighted by Gasteiger charge is -2.04. The maximum atomic E-state index is 9.51. The summed E-state index contributed by atoms with van der Waals surface area (Å²) in [4.78, 5) is 7.72. The highest BCUT2D eigenvalue weighted by molar-refractivity contribution is 5.90. The van der Waals surface area contributed by atoms with Crippen LogP contribution in [-0.2, 0) is 6.54 Å². The average Bonchev–Trinajstić information content (AvgIpc) is 3.05. The van der Waals surface area contributed by atoms with Crippen LogP contribution in [0.15, 0.2) is 30.3 Å². The number of benzene rings is 1. The summed E-state index contributed by atoms with van der Waals surface area (Å²) in [5.74, 6) is 0.616. The molecule has 0 saturated carbocycles. The van der Waals surface area contributed by atoms with Gasteiger partial charge >= 0.3 is 0 Å². The van der Waals surface area contributed by atoms with Crippen LogP contribution in [0.5, 0.6) is 0 Å². The molecule has 0 spiro atoms. The van der Waals surface area contributed by atoms with Crippen molar-refractivity contribution in [3.05, 3.63) is 53.1 Å². The summed E-state index contributed by atoms with van der Waals surface area (Å²) in [5.41, 5.74) is 5.80. The summed E-state index contributed by atoms with van der Waals surface area (Å²) in [7, 11) is 0. The largest absolute Gasteiger partial charge is 0.349 e. The summed E-state index contributed by atoms with van der Waals surface area (Å²) >= 11 is 0. The molecule has 0 atom stereocenters. The van der Waals surface area contributed by atoms with Crippen LogP contribution in [0.3, 0.4) is 0 Å². The first-order valence-corrected chi connectivity index (χ1v) is 7.37. The fraction of sp³-hybridized carbons (Fsp3) is 0.222. The third-order valence-corrected chi connectivity index (χ3v) is 3.99. The van der Waals surface area contributed by atoms with Crippen LogP contribution in [0.2, 0.25) is 0 Å². The van der Waals surface area contributed by atoms with Crippen molar-refractivity contribution in [3.8, 4) is 6.07 Å². The van der Waals surface area contributed by atoms with Crippen LogP contribution in [0.25, 0.3) is 22.7 Å². The van der Waals surface area contributed by atoms with Crippen LogP contribution in [0.1, 0.15) is 29.7 Å².